The third-order valence-electron chi connectivity index (χ3n) is 1.71. The van der Waals surface area contributed by atoms with Crippen LogP contribution in [0.4, 0.5) is 22.0 Å². The number of aromatic nitrogens is 1. The third-order valence-corrected chi connectivity index (χ3v) is 1.71. The van der Waals surface area contributed by atoms with Gasteiger partial charge in [0.15, 0.2) is 5.43 Å². The molecule has 0 fully saturated rings. The van der Waals surface area contributed by atoms with Crippen molar-refractivity contribution in [1.29, 1.82) is 0 Å². The molecule has 0 unspecified atom stereocenters. The Labute approximate surface area is 80.7 Å². The maximum atomic E-state index is 12.3. The minimum Gasteiger partial charge on any atom is -0.355 e. The topological polar surface area (TPSA) is 32.9 Å². The zero-order valence-corrected chi connectivity index (χ0v) is 7.45. The van der Waals surface area contributed by atoms with Crippen LogP contribution in [0.15, 0.2) is 10.9 Å². The van der Waals surface area contributed by atoms with Gasteiger partial charge in [0.25, 0.3) is 6.43 Å². The number of H-pyrrole nitrogens is 1. The van der Waals surface area contributed by atoms with Crippen LogP contribution in [0, 0.1) is 6.92 Å². The van der Waals surface area contributed by atoms with Gasteiger partial charge in [-0.05, 0) is 6.92 Å². The second kappa shape index (κ2) is 3.63. The number of nitrogens with one attached hydrogen (secondary N) is 1. The number of aromatic amines is 1. The number of halogens is 5. The minimum absolute atomic E-state index is 0.114. The monoisotopic (exact) mass is 227 g/mol. The van der Waals surface area contributed by atoms with Crippen molar-refractivity contribution < 1.29 is 22.0 Å². The highest BCUT2D eigenvalue weighted by Crippen LogP contribution is 2.33. The van der Waals surface area contributed by atoms with Crippen LogP contribution in [0.1, 0.15) is 23.4 Å². The number of pyridine rings is 1. The number of aryl methyl sites for hydroxylation is 1. The first-order valence-electron chi connectivity index (χ1n) is 3.82. The van der Waals surface area contributed by atoms with E-state index in [0.717, 1.165) is 0 Å². The SMILES string of the molecule is Cc1cc(=O)c(C(F)F)c(C(F)(F)F)[nH]1. The van der Waals surface area contributed by atoms with Crippen molar-refractivity contribution in [3.8, 4) is 0 Å². The zero-order valence-electron chi connectivity index (χ0n) is 7.45. The summed E-state index contributed by atoms with van der Waals surface area (Å²) < 4.78 is 61.3. The fourth-order valence-electron chi connectivity index (χ4n) is 1.14. The fraction of sp³-hybridized carbons (Fsp3) is 0.375. The molecule has 15 heavy (non-hydrogen) atoms. The molecule has 0 saturated heterocycles. The predicted octanol–water partition coefficient (Wildman–Crippen LogP) is 2.64. The van der Waals surface area contributed by atoms with E-state index >= 15 is 0 Å². The smallest absolute Gasteiger partial charge is 0.355 e. The van der Waals surface area contributed by atoms with Crippen LogP contribution in [-0.2, 0) is 6.18 Å². The van der Waals surface area contributed by atoms with Crippen LogP contribution >= 0.6 is 0 Å². The van der Waals surface area contributed by atoms with Crippen LogP contribution in [0.5, 0.6) is 0 Å². The molecule has 1 aromatic rings. The van der Waals surface area contributed by atoms with Crippen molar-refractivity contribution in [2.75, 3.05) is 0 Å². The van der Waals surface area contributed by atoms with Crippen LogP contribution in [0.3, 0.4) is 0 Å². The van der Waals surface area contributed by atoms with Crippen molar-refractivity contribution in [3.05, 3.63) is 33.2 Å². The summed E-state index contributed by atoms with van der Waals surface area (Å²) in [5, 5.41) is 0. The Morgan fingerprint density at radius 1 is 1.33 bits per heavy atom. The lowest BCUT2D eigenvalue weighted by atomic mass is 10.1. The number of alkyl halides is 5. The first-order valence-corrected chi connectivity index (χ1v) is 3.82. The summed E-state index contributed by atoms with van der Waals surface area (Å²) in [6.07, 6.45) is -8.44. The van der Waals surface area contributed by atoms with Gasteiger partial charge in [-0.15, -0.1) is 0 Å². The van der Waals surface area contributed by atoms with E-state index in [9.17, 15) is 26.7 Å². The Morgan fingerprint density at radius 2 is 1.87 bits per heavy atom. The van der Waals surface area contributed by atoms with E-state index < -0.39 is 29.3 Å². The summed E-state index contributed by atoms with van der Waals surface area (Å²) in [5.41, 5.74) is -4.64. The van der Waals surface area contributed by atoms with Gasteiger partial charge < -0.3 is 4.98 Å². The van der Waals surface area contributed by atoms with Crippen LogP contribution in [-0.4, -0.2) is 4.98 Å². The maximum Gasteiger partial charge on any atom is 0.431 e. The van der Waals surface area contributed by atoms with Crippen LogP contribution < -0.4 is 5.43 Å². The Morgan fingerprint density at radius 3 is 2.27 bits per heavy atom. The highest BCUT2D eigenvalue weighted by atomic mass is 19.4. The van der Waals surface area contributed by atoms with Crippen molar-refractivity contribution >= 4 is 0 Å². The second-order valence-electron chi connectivity index (χ2n) is 2.90. The van der Waals surface area contributed by atoms with E-state index in [2.05, 4.69) is 0 Å². The van der Waals surface area contributed by atoms with E-state index in [1.807, 2.05) is 0 Å². The summed E-state index contributed by atoms with van der Waals surface area (Å²) in [7, 11) is 0. The van der Waals surface area contributed by atoms with E-state index in [1.165, 1.54) is 6.92 Å². The molecule has 0 aliphatic heterocycles. The predicted molar refractivity (Wildman–Crippen MR) is 41.8 cm³/mol. The molecule has 0 aliphatic rings. The Kier molecular flexibility index (Phi) is 2.83. The highest BCUT2D eigenvalue weighted by Gasteiger charge is 2.38. The van der Waals surface area contributed by atoms with Gasteiger partial charge >= 0.3 is 6.18 Å². The molecule has 0 radical (unpaired) electrons. The largest absolute Gasteiger partial charge is 0.431 e. The molecule has 1 rings (SSSR count). The summed E-state index contributed by atoms with van der Waals surface area (Å²) in [6.45, 7) is 1.19. The Hall–Kier alpha value is -1.40. The quantitative estimate of drug-likeness (QED) is 0.735. The molecule has 0 amide bonds. The lowest BCUT2D eigenvalue weighted by Crippen LogP contribution is -2.21. The molecule has 7 heteroatoms. The molecule has 2 nitrogen and oxygen atoms in total. The number of hydrogen-bond acceptors (Lipinski definition) is 1. The molecule has 0 aliphatic carbocycles. The zero-order chi connectivity index (χ0) is 11.8. The molecule has 0 bridgehead atoms. The van der Waals surface area contributed by atoms with Gasteiger partial charge in [-0.1, -0.05) is 0 Å². The summed E-state index contributed by atoms with van der Waals surface area (Å²) in [5.74, 6) is 0. The lowest BCUT2D eigenvalue weighted by Gasteiger charge is -2.12. The van der Waals surface area contributed by atoms with Gasteiger partial charge in [-0.2, -0.15) is 13.2 Å². The molecule has 1 heterocycles. The Bertz CT molecular complexity index is 420. The number of rotatable bonds is 1. The lowest BCUT2D eigenvalue weighted by molar-refractivity contribution is -0.143. The molecular weight excluding hydrogens is 221 g/mol. The molecule has 0 spiro atoms. The molecular formula is C8H6F5NO. The van der Waals surface area contributed by atoms with Crippen molar-refractivity contribution in [2.45, 2.75) is 19.5 Å². The Balaban J connectivity index is 3.55. The molecule has 1 N–H and O–H groups in total. The van der Waals surface area contributed by atoms with E-state index in [1.54, 1.807) is 4.98 Å². The summed E-state index contributed by atoms with van der Waals surface area (Å²) in [4.78, 5) is 12.7. The first kappa shape index (κ1) is 11.7. The van der Waals surface area contributed by atoms with Gasteiger partial charge in [0.2, 0.25) is 0 Å². The maximum absolute atomic E-state index is 12.3. The molecule has 0 aromatic carbocycles. The van der Waals surface area contributed by atoms with Gasteiger partial charge in [-0.3, -0.25) is 4.79 Å². The first-order chi connectivity index (χ1) is 6.73. The number of hydrogen-bond donors (Lipinski definition) is 1. The third kappa shape index (κ3) is 2.34. The van der Waals surface area contributed by atoms with Gasteiger partial charge in [0.05, 0.1) is 5.56 Å². The minimum atomic E-state index is -4.99. The van der Waals surface area contributed by atoms with Crippen molar-refractivity contribution in [2.24, 2.45) is 0 Å². The summed E-state index contributed by atoms with van der Waals surface area (Å²) >= 11 is 0. The van der Waals surface area contributed by atoms with Crippen molar-refractivity contribution in [1.82, 2.24) is 4.98 Å². The standard InChI is InChI=1S/C8H6F5NO/c1-3-2-4(15)5(7(9)10)6(14-3)8(11,12)13/h2,7H,1H3,(H,14,15). The highest BCUT2D eigenvalue weighted by molar-refractivity contribution is 5.26. The van der Waals surface area contributed by atoms with E-state index in [0.29, 0.717) is 6.07 Å². The summed E-state index contributed by atoms with van der Waals surface area (Å²) in [6, 6.07) is 0.705. The van der Waals surface area contributed by atoms with Gasteiger partial charge in [-0.25, -0.2) is 8.78 Å². The normalized spacial score (nSPS) is 12.2. The van der Waals surface area contributed by atoms with Crippen LogP contribution in [0.25, 0.3) is 0 Å². The van der Waals surface area contributed by atoms with E-state index in [-0.39, 0.29) is 5.69 Å². The fourth-order valence-corrected chi connectivity index (χ4v) is 1.14. The molecule has 84 valence electrons. The average Bonchev–Trinajstić information content (AvgIpc) is 1.99. The van der Waals surface area contributed by atoms with Crippen molar-refractivity contribution in [3.63, 3.8) is 0 Å². The second-order valence-corrected chi connectivity index (χ2v) is 2.90. The van der Waals surface area contributed by atoms with Crippen LogP contribution in [0.2, 0.25) is 0 Å². The van der Waals surface area contributed by atoms with Gasteiger partial charge in [0.1, 0.15) is 5.69 Å². The van der Waals surface area contributed by atoms with E-state index in [4.69, 9.17) is 0 Å². The average molecular weight is 227 g/mol. The van der Waals surface area contributed by atoms with Gasteiger partial charge in [0, 0.05) is 11.8 Å². The molecule has 1 aromatic heterocycles. The molecule has 0 atom stereocenters. The molecule has 0 saturated carbocycles.